The SMILES string of the molecule is N#Cc1c(N)nc(SCc2ncc[nH]2)c(C#N)c1-c1ccc(OC2CCCCC2)cc1. The number of nitrogens with two attached hydrogens (primary N) is 1. The zero-order valence-corrected chi connectivity index (χ0v) is 17.8. The first-order valence-corrected chi connectivity index (χ1v) is 11.2. The van der Waals surface area contributed by atoms with Crippen LogP contribution in [0.5, 0.6) is 5.75 Å². The Bertz CT molecular complexity index is 1120. The van der Waals surface area contributed by atoms with E-state index in [9.17, 15) is 10.5 Å². The number of ether oxygens (including phenoxy) is 1. The Hall–Kier alpha value is -3.49. The number of anilines is 1. The lowest BCUT2D eigenvalue weighted by Gasteiger charge is -2.23. The predicted molar refractivity (Wildman–Crippen MR) is 119 cm³/mol. The van der Waals surface area contributed by atoms with Crippen LogP contribution in [0.2, 0.25) is 0 Å². The monoisotopic (exact) mass is 430 g/mol. The van der Waals surface area contributed by atoms with Crippen LogP contribution in [0.15, 0.2) is 41.7 Å². The summed E-state index contributed by atoms with van der Waals surface area (Å²) < 4.78 is 6.11. The van der Waals surface area contributed by atoms with Gasteiger partial charge in [-0.1, -0.05) is 30.3 Å². The highest BCUT2D eigenvalue weighted by atomic mass is 32.2. The molecule has 0 unspecified atom stereocenters. The Kier molecular flexibility index (Phi) is 6.40. The number of nitriles is 2. The summed E-state index contributed by atoms with van der Waals surface area (Å²) in [5.41, 5.74) is 7.87. The molecule has 31 heavy (non-hydrogen) atoms. The normalized spacial score (nSPS) is 14.0. The average Bonchev–Trinajstić information content (AvgIpc) is 3.32. The molecule has 0 saturated heterocycles. The predicted octanol–water partition coefficient (Wildman–Crippen LogP) is 4.80. The van der Waals surface area contributed by atoms with Gasteiger partial charge in [-0.15, -0.1) is 0 Å². The number of nitrogen functional groups attached to an aromatic ring is 1. The van der Waals surface area contributed by atoms with Gasteiger partial charge in [-0.2, -0.15) is 10.5 Å². The van der Waals surface area contributed by atoms with Crippen LogP contribution in [0.4, 0.5) is 5.82 Å². The molecule has 0 spiro atoms. The van der Waals surface area contributed by atoms with E-state index in [1.165, 1.54) is 31.0 Å². The molecule has 2 heterocycles. The number of hydrogen-bond donors (Lipinski definition) is 2. The molecule has 0 atom stereocenters. The van der Waals surface area contributed by atoms with Crippen LogP contribution in [0.1, 0.15) is 49.1 Å². The van der Waals surface area contributed by atoms with Crippen molar-refractivity contribution in [2.45, 2.75) is 49.0 Å². The third-order valence-electron chi connectivity index (χ3n) is 5.31. The molecule has 0 aliphatic heterocycles. The number of H-pyrrole nitrogens is 1. The number of imidazole rings is 1. The van der Waals surface area contributed by atoms with Crippen LogP contribution in [0.3, 0.4) is 0 Å². The van der Waals surface area contributed by atoms with Gasteiger partial charge in [0.05, 0.1) is 17.4 Å². The van der Waals surface area contributed by atoms with E-state index < -0.39 is 0 Å². The van der Waals surface area contributed by atoms with E-state index in [0.29, 0.717) is 21.9 Å². The van der Waals surface area contributed by atoms with Gasteiger partial charge in [0.2, 0.25) is 0 Å². The Morgan fingerprint density at radius 2 is 1.84 bits per heavy atom. The fourth-order valence-electron chi connectivity index (χ4n) is 3.78. The van der Waals surface area contributed by atoms with Crippen LogP contribution in [0, 0.1) is 22.7 Å². The van der Waals surface area contributed by atoms with Crippen LogP contribution in [-0.4, -0.2) is 21.1 Å². The van der Waals surface area contributed by atoms with Crippen molar-refractivity contribution in [1.29, 1.82) is 10.5 Å². The number of aromatic nitrogens is 3. The number of nitrogens with one attached hydrogen (secondary N) is 1. The number of aromatic amines is 1. The zero-order valence-electron chi connectivity index (χ0n) is 17.0. The van der Waals surface area contributed by atoms with Gasteiger partial charge in [-0.05, 0) is 43.4 Å². The lowest BCUT2D eigenvalue weighted by Crippen LogP contribution is -2.19. The summed E-state index contributed by atoms with van der Waals surface area (Å²) in [6.45, 7) is 0. The summed E-state index contributed by atoms with van der Waals surface area (Å²) in [4.78, 5) is 11.5. The minimum Gasteiger partial charge on any atom is -0.490 e. The van der Waals surface area contributed by atoms with Crippen LogP contribution >= 0.6 is 11.8 Å². The van der Waals surface area contributed by atoms with Crippen molar-refractivity contribution in [2.75, 3.05) is 5.73 Å². The second-order valence-corrected chi connectivity index (χ2v) is 8.34. The van der Waals surface area contributed by atoms with E-state index in [4.69, 9.17) is 10.5 Å². The van der Waals surface area contributed by atoms with E-state index >= 15 is 0 Å². The number of rotatable bonds is 6. The van der Waals surface area contributed by atoms with Crippen LogP contribution in [-0.2, 0) is 5.75 Å². The topological polar surface area (TPSA) is 124 Å². The Morgan fingerprint density at radius 3 is 2.48 bits per heavy atom. The molecule has 156 valence electrons. The first-order chi connectivity index (χ1) is 15.2. The molecular weight excluding hydrogens is 408 g/mol. The largest absolute Gasteiger partial charge is 0.490 e. The molecule has 1 saturated carbocycles. The summed E-state index contributed by atoms with van der Waals surface area (Å²) in [6, 6.07) is 11.9. The van der Waals surface area contributed by atoms with Crippen LogP contribution in [0.25, 0.3) is 11.1 Å². The molecule has 7 nitrogen and oxygen atoms in total. The smallest absolute Gasteiger partial charge is 0.143 e. The van der Waals surface area contributed by atoms with Gasteiger partial charge in [0.1, 0.15) is 40.1 Å². The third-order valence-corrected chi connectivity index (χ3v) is 6.30. The molecule has 4 rings (SSSR count). The van der Waals surface area contributed by atoms with E-state index in [0.717, 1.165) is 30.0 Å². The van der Waals surface area contributed by atoms with Crippen molar-refractivity contribution in [1.82, 2.24) is 15.0 Å². The fourth-order valence-corrected chi connectivity index (χ4v) is 4.67. The van der Waals surface area contributed by atoms with E-state index in [1.54, 1.807) is 12.4 Å². The molecular formula is C23H22N6OS. The molecule has 0 amide bonds. The van der Waals surface area contributed by atoms with Gasteiger partial charge in [-0.25, -0.2) is 9.97 Å². The van der Waals surface area contributed by atoms with E-state index in [1.807, 2.05) is 24.3 Å². The maximum Gasteiger partial charge on any atom is 0.143 e. The van der Waals surface area contributed by atoms with Crippen molar-refractivity contribution in [3.05, 3.63) is 53.6 Å². The van der Waals surface area contributed by atoms with Crippen molar-refractivity contribution in [3.8, 4) is 29.0 Å². The fraction of sp³-hybridized carbons (Fsp3) is 0.304. The summed E-state index contributed by atoms with van der Waals surface area (Å²) in [7, 11) is 0. The first kappa shape index (κ1) is 20.8. The number of pyridine rings is 1. The van der Waals surface area contributed by atoms with Crippen molar-refractivity contribution >= 4 is 17.6 Å². The van der Waals surface area contributed by atoms with Gasteiger partial charge < -0.3 is 15.5 Å². The highest BCUT2D eigenvalue weighted by molar-refractivity contribution is 7.98. The minimum atomic E-state index is 0.112. The summed E-state index contributed by atoms with van der Waals surface area (Å²) in [5.74, 6) is 2.18. The van der Waals surface area contributed by atoms with Crippen molar-refractivity contribution < 1.29 is 4.74 Å². The van der Waals surface area contributed by atoms with Gasteiger partial charge in [0, 0.05) is 18.0 Å². The van der Waals surface area contributed by atoms with Crippen molar-refractivity contribution in [2.24, 2.45) is 0 Å². The number of nitrogens with zero attached hydrogens (tertiary/aromatic N) is 4. The van der Waals surface area contributed by atoms with Gasteiger partial charge >= 0.3 is 0 Å². The summed E-state index contributed by atoms with van der Waals surface area (Å²) in [5, 5.41) is 20.1. The van der Waals surface area contributed by atoms with Crippen LogP contribution < -0.4 is 10.5 Å². The second kappa shape index (κ2) is 9.55. The highest BCUT2D eigenvalue weighted by Gasteiger charge is 2.21. The van der Waals surface area contributed by atoms with Gasteiger partial charge in [0.15, 0.2) is 0 Å². The molecule has 1 aliphatic rings. The molecule has 3 aromatic rings. The first-order valence-electron chi connectivity index (χ1n) is 10.2. The molecule has 8 heteroatoms. The highest BCUT2D eigenvalue weighted by Crippen LogP contribution is 2.37. The van der Waals surface area contributed by atoms with E-state index in [-0.39, 0.29) is 17.5 Å². The van der Waals surface area contributed by atoms with E-state index in [2.05, 4.69) is 27.1 Å². The Labute approximate surface area is 185 Å². The summed E-state index contributed by atoms with van der Waals surface area (Å²) >= 11 is 1.36. The third kappa shape index (κ3) is 4.65. The molecule has 1 fully saturated rings. The minimum absolute atomic E-state index is 0.112. The summed E-state index contributed by atoms with van der Waals surface area (Å²) in [6.07, 6.45) is 9.50. The van der Waals surface area contributed by atoms with Gasteiger partial charge in [-0.3, -0.25) is 0 Å². The maximum atomic E-state index is 9.90. The quantitative estimate of drug-likeness (QED) is 0.538. The second-order valence-electron chi connectivity index (χ2n) is 7.38. The van der Waals surface area contributed by atoms with Gasteiger partial charge in [0.25, 0.3) is 0 Å². The molecule has 1 aliphatic carbocycles. The Balaban J connectivity index is 1.65. The number of thioether (sulfide) groups is 1. The molecule has 0 bridgehead atoms. The molecule has 1 aromatic carbocycles. The molecule has 3 N–H and O–H groups in total. The standard InChI is InChI=1S/C23H22N6OS/c24-12-18-21(15-6-8-17(9-7-15)30-16-4-2-1-3-5-16)19(13-25)23(29-22(18)26)31-14-20-27-10-11-28-20/h6-11,16H,1-5,14H2,(H2,26,29)(H,27,28). The zero-order chi connectivity index (χ0) is 21.6. The molecule has 2 aromatic heterocycles. The number of benzene rings is 1. The Morgan fingerprint density at radius 1 is 1.10 bits per heavy atom. The molecule has 0 radical (unpaired) electrons. The maximum absolute atomic E-state index is 9.90. The lowest BCUT2D eigenvalue weighted by atomic mass is 9.96. The number of hydrogen-bond acceptors (Lipinski definition) is 7. The average molecular weight is 431 g/mol. The van der Waals surface area contributed by atoms with Crippen molar-refractivity contribution in [3.63, 3.8) is 0 Å². The lowest BCUT2D eigenvalue weighted by molar-refractivity contribution is 0.155.